The van der Waals surface area contributed by atoms with Crippen molar-refractivity contribution in [3.63, 3.8) is 0 Å². The number of aliphatic hydroxyl groups is 1. The molecule has 2 rings (SSSR count). The molecule has 5 nitrogen and oxygen atoms in total. The number of aryl methyl sites for hydroxylation is 2. The molecular weight excluding hydrogens is 248 g/mol. The second-order valence-corrected chi connectivity index (χ2v) is 5.00. The minimum atomic E-state index is -0.666. The Bertz CT molecular complexity index is 449. The van der Waals surface area contributed by atoms with Gasteiger partial charge in [-0.15, -0.1) is 5.10 Å². The molecule has 1 atom stereocenters. The summed E-state index contributed by atoms with van der Waals surface area (Å²) in [7, 11) is 0. The third-order valence-corrected chi connectivity index (χ3v) is 3.60. The van der Waals surface area contributed by atoms with Crippen LogP contribution in [-0.4, -0.2) is 24.5 Å². The second-order valence-electron chi connectivity index (χ2n) is 4.22. The van der Waals surface area contributed by atoms with Gasteiger partial charge in [-0.05, 0) is 30.4 Å². The minimum absolute atomic E-state index is 0.666. The van der Waals surface area contributed by atoms with E-state index in [1.807, 2.05) is 10.7 Å². The van der Waals surface area contributed by atoms with Crippen LogP contribution < -0.4 is 0 Å². The lowest BCUT2D eigenvalue weighted by Crippen LogP contribution is -2.10. The Kier molecular flexibility index (Phi) is 4.43. The molecule has 0 amide bonds. The maximum atomic E-state index is 10.5. The molecule has 98 valence electrons. The number of aliphatic hydroxyl groups excluding tert-OH is 1. The van der Waals surface area contributed by atoms with Gasteiger partial charge < -0.3 is 5.11 Å². The predicted octanol–water partition coefficient (Wildman–Crippen LogP) is 2.18. The van der Waals surface area contributed by atoms with E-state index in [-0.39, 0.29) is 0 Å². The molecule has 0 radical (unpaired) electrons. The third-order valence-electron chi connectivity index (χ3n) is 2.79. The van der Waals surface area contributed by atoms with E-state index in [2.05, 4.69) is 28.5 Å². The molecule has 0 saturated carbocycles. The molecule has 0 bridgehead atoms. The van der Waals surface area contributed by atoms with Crippen LogP contribution in [0.2, 0.25) is 0 Å². The molecule has 0 spiro atoms. The third kappa shape index (κ3) is 2.59. The summed E-state index contributed by atoms with van der Waals surface area (Å²) in [6, 6.07) is 1.86. The van der Waals surface area contributed by atoms with Crippen LogP contribution >= 0.6 is 11.5 Å². The van der Waals surface area contributed by atoms with Crippen molar-refractivity contribution in [3.8, 4) is 0 Å². The summed E-state index contributed by atoms with van der Waals surface area (Å²) in [5.74, 6) is 0. The van der Waals surface area contributed by atoms with Crippen LogP contribution in [0.1, 0.15) is 49.1 Å². The molecule has 0 aliphatic rings. The monoisotopic (exact) mass is 266 g/mol. The molecule has 0 aromatic carbocycles. The Morgan fingerprint density at radius 2 is 2.22 bits per heavy atom. The fourth-order valence-corrected chi connectivity index (χ4v) is 2.64. The van der Waals surface area contributed by atoms with Crippen LogP contribution in [0.25, 0.3) is 0 Å². The number of hydrogen-bond acceptors (Lipinski definition) is 5. The van der Waals surface area contributed by atoms with Gasteiger partial charge in [0, 0.05) is 12.7 Å². The highest BCUT2D eigenvalue weighted by molar-refractivity contribution is 7.05. The Morgan fingerprint density at radius 3 is 2.94 bits per heavy atom. The first-order valence-corrected chi connectivity index (χ1v) is 7.06. The summed E-state index contributed by atoms with van der Waals surface area (Å²) in [5.41, 5.74) is 1.72. The SMILES string of the molecule is CCCc1nnsc1C(O)c1ccnn1CCC. The van der Waals surface area contributed by atoms with Gasteiger partial charge in [0.25, 0.3) is 0 Å². The average Bonchev–Trinajstić information content (AvgIpc) is 2.98. The molecule has 1 N–H and O–H groups in total. The van der Waals surface area contributed by atoms with E-state index < -0.39 is 6.10 Å². The highest BCUT2D eigenvalue weighted by Crippen LogP contribution is 2.27. The van der Waals surface area contributed by atoms with Crippen molar-refractivity contribution >= 4 is 11.5 Å². The van der Waals surface area contributed by atoms with Gasteiger partial charge in [0.15, 0.2) is 0 Å². The van der Waals surface area contributed by atoms with Gasteiger partial charge in [0.2, 0.25) is 0 Å². The van der Waals surface area contributed by atoms with Crippen LogP contribution in [0.3, 0.4) is 0 Å². The van der Waals surface area contributed by atoms with E-state index in [1.54, 1.807) is 6.20 Å². The molecule has 2 aromatic heterocycles. The van der Waals surface area contributed by atoms with Crippen molar-refractivity contribution in [3.05, 3.63) is 28.5 Å². The molecule has 0 aliphatic heterocycles. The fourth-order valence-electron chi connectivity index (χ4n) is 1.94. The van der Waals surface area contributed by atoms with Crippen molar-refractivity contribution in [1.82, 2.24) is 19.4 Å². The lowest BCUT2D eigenvalue weighted by atomic mass is 10.1. The average molecular weight is 266 g/mol. The van der Waals surface area contributed by atoms with Crippen LogP contribution in [-0.2, 0) is 13.0 Å². The van der Waals surface area contributed by atoms with Gasteiger partial charge in [0.05, 0.1) is 16.3 Å². The van der Waals surface area contributed by atoms with Crippen LogP contribution in [0.15, 0.2) is 12.3 Å². The van der Waals surface area contributed by atoms with Gasteiger partial charge >= 0.3 is 0 Å². The van der Waals surface area contributed by atoms with Crippen molar-refractivity contribution < 1.29 is 5.11 Å². The van der Waals surface area contributed by atoms with Gasteiger partial charge in [0.1, 0.15) is 6.10 Å². The van der Waals surface area contributed by atoms with Crippen molar-refractivity contribution in [2.24, 2.45) is 0 Å². The van der Waals surface area contributed by atoms with E-state index in [1.165, 1.54) is 11.5 Å². The molecule has 0 fully saturated rings. The lowest BCUT2D eigenvalue weighted by Gasteiger charge is -2.12. The summed E-state index contributed by atoms with van der Waals surface area (Å²) in [5, 5.41) is 18.8. The summed E-state index contributed by atoms with van der Waals surface area (Å²) in [4.78, 5) is 0.842. The highest BCUT2D eigenvalue weighted by atomic mass is 32.1. The van der Waals surface area contributed by atoms with E-state index in [0.29, 0.717) is 0 Å². The Labute approximate surface area is 111 Å². The minimum Gasteiger partial charge on any atom is -0.381 e. The highest BCUT2D eigenvalue weighted by Gasteiger charge is 2.21. The van der Waals surface area contributed by atoms with E-state index >= 15 is 0 Å². The van der Waals surface area contributed by atoms with Gasteiger partial charge in [-0.3, -0.25) is 4.68 Å². The molecule has 18 heavy (non-hydrogen) atoms. The lowest BCUT2D eigenvalue weighted by molar-refractivity contribution is 0.209. The smallest absolute Gasteiger partial charge is 0.133 e. The molecule has 0 saturated heterocycles. The first-order chi connectivity index (χ1) is 8.77. The van der Waals surface area contributed by atoms with Crippen LogP contribution in [0.5, 0.6) is 0 Å². The molecule has 1 unspecified atom stereocenters. The summed E-state index contributed by atoms with van der Waals surface area (Å²) < 4.78 is 5.80. The first-order valence-electron chi connectivity index (χ1n) is 6.28. The zero-order chi connectivity index (χ0) is 13.0. The van der Waals surface area contributed by atoms with E-state index in [9.17, 15) is 5.11 Å². The second kappa shape index (κ2) is 6.06. The van der Waals surface area contributed by atoms with E-state index in [0.717, 1.165) is 42.1 Å². The number of nitrogens with zero attached hydrogens (tertiary/aromatic N) is 4. The first kappa shape index (κ1) is 13.2. The van der Waals surface area contributed by atoms with Gasteiger partial charge in [-0.2, -0.15) is 5.10 Å². The zero-order valence-corrected chi connectivity index (χ0v) is 11.5. The molecule has 6 heteroatoms. The maximum absolute atomic E-state index is 10.5. The quantitative estimate of drug-likeness (QED) is 0.870. The van der Waals surface area contributed by atoms with Crippen molar-refractivity contribution in [1.29, 1.82) is 0 Å². The predicted molar refractivity (Wildman–Crippen MR) is 70.5 cm³/mol. The van der Waals surface area contributed by atoms with Gasteiger partial charge in [-0.25, -0.2) is 0 Å². The molecule has 2 heterocycles. The molecular formula is C12H18N4OS. The van der Waals surface area contributed by atoms with E-state index in [4.69, 9.17) is 0 Å². The molecule has 2 aromatic rings. The van der Waals surface area contributed by atoms with Crippen molar-refractivity contribution in [2.45, 2.75) is 45.8 Å². The Balaban J connectivity index is 2.26. The number of hydrogen-bond donors (Lipinski definition) is 1. The van der Waals surface area contributed by atoms with Crippen LogP contribution in [0.4, 0.5) is 0 Å². The topological polar surface area (TPSA) is 63.8 Å². The largest absolute Gasteiger partial charge is 0.381 e. The molecule has 0 aliphatic carbocycles. The van der Waals surface area contributed by atoms with Crippen LogP contribution in [0, 0.1) is 0 Å². The summed E-state index contributed by atoms with van der Waals surface area (Å²) in [6.07, 6.45) is 3.90. The summed E-state index contributed by atoms with van der Waals surface area (Å²) >= 11 is 1.27. The standard InChI is InChI=1S/C12H18N4OS/c1-3-5-9-12(18-15-14-9)11(17)10-6-7-13-16(10)8-4-2/h6-7,11,17H,3-5,8H2,1-2H3. The fraction of sp³-hybridized carbons (Fsp3) is 0.583. The number of rotatable bonds is 6. The van der Waals surface area contributed by atoms with Crippen molar-refractivity contribution in [2.75, 3.05) is 0 Å². The Morgan fingerprint density at radius 1 is 1.39 bits per heavy atom. The maximum Gasteiger partial charge on any atom is 0.133 e. The Hall–Kier alpha value is -1.27. The number of aromatic nitrogens is 4. The zero-order valence-electron chi connectivity index (χ0n) is 10.7. The van der Waals surface area contributed by atoms with Gasteiger partial charge in [-0.1, -0.05) is 24.8 Å². The normalized spacial score (nSPS) is 12.8. The summed E-state index contributed by atoms with van der Waals surface area (Å²) in [6.45, 7) is 5.00.